The van der Waals surface area contributed by atoms with Gasteiger partial charge in [0.05, 0.1) is 5.69 Å². The minimum Gasteiger partial charge on any atom is -0.326 e. The number of amides is 3. The second-order valence-corrected chi connectivity index (χ2v) is 10.1. The van der Waals surface area contributed by atoms with Gasteiger partial charge in [-0.1, -0.05) is 25.4 Å². The molecule has 0 unspecified atom stereocenters. The molecule has 0 aromatic heterocycles. The highest BCUT2D eigenvalue weighted by molar-refractivity contribution is 6.31. The number of hydrogen-bond donors (Lipinski definition) is 2. The first-order valence-corrected chi connectivity index (χ1v) is 10.2. The molecule has 28 heavy (non-hydrogen) atoms. The Labute approximate surface area is 170 Å². The van der Waals surface area contributed by atoms with Crippen molar-refractivity contribution in [3.8, 4) is 0 Å². The van der Waals surface area contributed by atoms with Crippen molar-refractivity contribution in [3.05, 3.63) is 28.8 Å². The van der Waals surface area contributed by atoms with Gasteiger partial charge in [-0.25, -0.2) is 0 Å². The molecule has 1 spiro atoms. The SMILES string of the molecule is CC(C)C[C@H]1[NH2+][C@@]2(C(=O)Nc3ccc(Cl)cc32)[C@@H]2C(=O)N(C(C)(C)C)C(=O)[C@@H]21. The summed E-state index contributed by atoms with van der Waals surface area (Å²) in [6.07, 6.45) is 0.753. The van der Waals surface area contributed by atoms with E-state index in [2.05, 4.69) is 19.2 Å². The number of carbonyl (C=O) groups is 3. The summed E-state index contributed by atoms with van der Waals surface area (Å²) in [6, 6.07) is 5.12. The van der Waals surface area contributed by atoms with Gasteiger partial charge < -0.3 is 10.6 Å². The molecule has 150 valence electrons. The van der Waals surface area contributed by atoms with Gasteiger partial charge in [-0.2, -0.15) is 0 Å². The third kappa shape index (κ3) is 2.47. The lowest BCUT2D eigenvalue weighted by molar-refractivity contribution is -0.734. The second-order valence-electron chi connectivity index (χ2n) is 9.66. The van der Waals surface area contributed by atoms with Crippen LogP contribution in [-0.2, 0) is 19.9 Å². The predicted octanol–water partition coefficient (Wildman–Crippen LogP) is 1.88. The first kappa shape index (κ1) is 19.4. The third-order valence-electron chi connectivity index (χ3n) is 6.25. The number of fused-ring (bicyclic) bond motifs is 4. The summed E-state index contributed by atoms with van der Waals surface area (Å²) in [7, 11) is 0. The van der Waals surface area contributed by atoms with Crippen LogP contribution in [0.5, 0.6) is 0 Å². The van der Waals surface area contributed by atoms with Gasteiger partial charge in [0.2, 0.25) is 17.4 Å². The Balaban J connectivity index is 1.91. The Morgan fingerprint density at radius 1 is 1.21 bits per heavy atom. The fraction of sp³-hybridized carbons (Fsp3) is 0.571. The molecule has 0 aliphatic carbocycles. The number of carbonyl (C=O) groups excluding carboxylic acids is 3. The van der Waals surface area contributed by atoms with Crippen LogP contribution in [0.15, 0.2) is 18.2 Å². The van der Waals surface area contributed by atoms with Gasteiger partial charge in [-0.05, 0) is 44.9 Å². The molecule has 4 rings (SSSR count). The molecule has 0 radical (unpaired) electrons. The normalized spacial score (nSPS) is 31.8. The number of likely N-dealkylation sites (tertiary alicyclic amines) is 1. The molecular weight excluding hydrogens is 378 g/mol. The van der Waals surface area contributed by atoms with Crippen molar-refractivity contribution in [3.63, 3.8) is 0 Å². The van der Waals surface area contributed by atoms with Gasteiger partial charge in [0, 0.05) is 22.5 Å². The monoisotopic (exact) mass is 404 g/mol. The number of nitrogens with one attached hydrogen (secondary N) is 1. The molecule has 7 heteroatoms. The van der Waals surface area contributed by atoms with Crippen LogP contribution in [0, 0.1) is 17.8 Å². The fourth-order valence-electron chi connectivity index (χ4n) is 5.36. The number of halogens is 1. The molecule has 3 heterocycles. The highest BCUT2D eigenvalue weighted by Crippen LogP contribution is 2.51. The maximum atomic E-state index is 13.5. The molecule has 4 atom stereocenters. The molecule has 2 saturated heterocycles. The van der Waals surface area contributed by atoms with Crippen LogP contribution in [0.3, 0.4) is 0 Å². The molecule has 1 aromatic rings. The first-order valence-electron chi connectivity index (χ1n) is 9.84. The van der Waals surface area contributed by atoms with Gasteiger partial charge in [0.15, 0.2) is 0 Å². The molecule has 3 N–H and O–H groups in total. The first-order chi connectivity index (χ1) is 13.0. The summed E-state index contributed by atoms with van der Waals surface area (Å²) >= 11 is 6.25. The predicted molar refractivity (Wildman–Crippen MR) is 106 cm³/mol. The smallest absolute Gasteiger partial charge is 0.291 e. The minimum atomic E-state index is -1.14. The van der Waals surface area contributed by atoms with Crippen LogP contribution in [0.25, 0.3) is 0 Å². The quantitative estimate of drug-likeness (QED) is 0.738. The van der Waals surface area contributed by atoms with Crippen molar-refractivity contribution in [2.45, 2.75) is 58.2 Å². The minimum absolute atomic E-state index is 0.135. The Morgan fingerprint density at radius 2 is 1.89 bits per heavy atom. The third-order valence-corrected chi connectivity index (χ3v) is 6.48. The number of benzene rings is 1. The van der Waals surface area contributed by atoms with Crippen LogP contribution in [0.2, 0.25) is 5.02 Å². The molecule has 1 aromatic carbocycles. The van der Waals surface area contributed by atoms with Gasteiger partial charge in [-0.3, -0.25) is 19.3 Å². The van der Waals surface area contributed by atoms with Crippen LogP contribution in [-0.4, -0.2) is 34.2 Å². The molecule has 3 aliphatic heterocycles. The molecule has 3 aliphatic rings. The zero-order valence-electron chi connectivity index (χ0n) is 16.9. The maximum absolute atomic E-state index is 13.5. The lowest BCUT2D eigenvalue weighted by Crippen LogP contribution is -2.99. The van der Waals surface area contributed by atoms with E-state index in [1.165, 1.54) is 4.90 Å². The van der Waals surface area contributed by atoms with Gasteiger partial charge in [-0.15, -0.1) is 0 Å². The van der Waals surface area contributed by atoms with Crippen LogP contribution < -0.4 is 10.6 Å². The van der Waals surface area contributed by atoms with Gasteiger partial charge in [0.25, 0.3) is 5.91 Å². The number of nitrogens with zero attached hydrogens (tertiary/aromatic N) is 1. The zero-order valence-corrected chi connectivity index (χ0v) is 17.6. The van der Waals surface area contributed by atoms with E-state index in [4.69, 9.17) is 11.6 Å². The van der Waals surface area contributed by atoms with Crippen molar-refractivity contribution in [1.82, 2.24) is 4.90 Å². The lowest BCUT2D eigenvalue weighted by Gasteiger charge is -2.33. The summed E-state index contributed by atoms with van der Waals surface area (Å²) in [5.41, 5.74) is -0.391. The van der Waals surface area contributed by atoms with Crippen LogP contribution >= 0.6 is 11.6 Å². The molecule has 0 bridgehead atoms. The van der Waals surface area contributed by atoms with Crippen molar-refractivity contribution in [2.75, 3.05) is 5.32 Å². The Kier molecular flexibility index (Phi) is 4.18. The summed E-state index contributed by atoms with van der Waals surface area (Å²) in [5.74, 6) is -1.54. The average molecular weight is 405 g/mol. The maximum Gasteiger partial charge on any atom is 0.291 e. The van der Waals surface area contributed by atoms with E-state index in [9.17, 15) is 14.4 Å². The largest absolute Gasteiger partial charge is 0.326 e. The Hall–Kier alpha value is -1.92. The molecule has 6 nitrogen and oxygen atoms in total. The molecular formula is C21H27ClN3O3+. The Morgan fingerprint density at radius 3 is 2.50 bits per heavy atom. The van der Waals surface area contributed by atoms with Crippen LogP contribution in [0.4, 0.5) is 5.69 Å². The summed E-state index contributed by atoms with van der Waals surface area (Å²) in [6.45, 7) is 9.76. The van der Waals surface area contributed by atoms with Crippen molar-refractivity contribution in [1.29, 1.82) is 0 Å². The number of quaternary nitrogens is 1. The van der Waals surface area contributed by atoms with Crippen molar-refractivity contribution < 1.29 is 19.7 Å². The summed E-state index contributed by atoms with van der Waals surface area (Å²) in [4.78, 5) is 41.6. The standard InChI is InChI=1S/C21H26ClN3O3/c1-10(2)8-14-15-16(18(27)25(17(15)26)20(3,4)5)21(24-14)12-9-11(22)6-7-13(12)23-19(21)28/h6-7,9-10,14-16,24H,8H2,1-5H3,(H,23,28)/p+1/t14-,15-,16+,21-/m1/s1. The molecule has 3 amide bonds. The van der Waals surface area contributed by atoms with Crippen LogP contribution in [0.1, 0.15) is 46.6 Å². The molecule has 2 fully saturated rings. The van der Waals surface area contributed by atoms with E-state index in [0.717, 1.165) is 6.42 Å². The number of hydrogen-bond acceptors (Lipinski definition) is 3. The topological polar surface area (TPSA) is 83.1 Å². The van der Waals surface area contributed by atoms with E-state index < -0.39 is 22.9 Å². The summed E-state index contributed by atoms with van der Waals surface area (Å²) < 4.78 is 0. The van der Waals surface area contributed by atoms with E-state index in [1.807, 2.05) is 26.1 Å². The second kappa shape index (κ2) is 6.04. The average Bonchev–Trinajstić information content (AvgIpc) is 3.12. The number of imide groups is 1. The zero-order chi connectivity index (χ0) is 20.6. The van der Waals surface area contributed by atoms with Crippen molar-refractivity contribution >= 4 is 35.0 Å². The van der Waals surface area contributed by atoms with E-state index >= 15 is 0 Å². The highest BCUT2D eigenvalue weighted by Gasteiger charge is 2.74. The van der Waals surface area contributed by atoms with Gasteiger partial charge >= 0.3 is 0 Å². The lowest BCUT2D eigenvalue weighted by atomic mass is 9.76. The number of anilines is 1. The summed E-state index contributed by atoms with van der Waals surface area (Å²) in [5, 5.41) is 5.40. The number of rotatable bonds is 2. The van der Waals surface area contributed by atoms with Crippen molar-refractivity contribution in [2.24, 2.45) is 17.8 Å². The van der Waals surface area contributed by atoms with E-state index in [-0.39, 0.29) is 23.8 Å². The molecule has 0 saturated carbocycles. The van der Waals surface area contributed by atoms with Gasteiger partial charge in [0.1, 0.15) is 17.9 Å². The van der Waals surface area contributed by atoms with E-state index in [0.29, 0.717) is 22.2 Å². The highest BCUT2D eigenvalue weighted by atomic mass is 35.5. The number of nitrogens with two attached hydrogens (primary N) is 1. The van der Waals surface area contributed by atoms with E-state index in [1.54, 1.807) is 18.2 Å². The Bertz CT molecular complexity index is 891. The fourth-order valence-corrected chi connectivity index (χ4v) is 5.53.